The van der Waals surface area contributed by atoms with E-state index in [0.29, 0.717) is 0 Å². The first-order chi connectivity index (χ1) is 6.09. The fourth-order valence-electron chi connectivity index (χ4n) is 1.42. The number of halogens is 1. The molecule has 13 heavy (non-hydrogen) atoms. The van der Waals surface area contributed by atoms with E-state index in [1.54, 1.807) is 23.9 Å². The van der Waals surface area contributed by atoms with Gasteiger partial charge in [0.1, 0.15) is 0 Å². The third-order valence-electron chi connectivity index (χ3n) is 1.96. The van der Waals surface area contributed by atoms with Crippen LogP contribution in [0.1, 0.15) is 5.56 Å². The molecule has 2 nitrogen and oxygen atoms in total. The van der Waals surface area contributed by atoms with Crippen molar-refractivity contribution in [2.24, 2.45) is 0 Å². The highest BCUT2D eigenvalue weighted by molar-refractivity contribution is 8.13. The van der Waals surface area contributed by atoms with Gasteiger partial charge in [0, 0.05) is 21.3 Å². The van der Waals surface area contributed by atoms with E-state index in [2.05, 4.69) is 0 Å². The second-order valence-electron chi connectivity index (χ2n) is 2.77. The molecular weight excluding hydrogens is 228 g/mol. The molecule has 0 spiro atoms. The highest BCUT2D eigenvalue weighted by Gasteiger charge is 2.21. The largest absolute Gasteiger partial charge is 0.261 e. The summed E-state index contributed by atoms with van der Waals surface area (Å²) in [5.41, 5.74) is 0.877. The minimum atomic E-state index is -3.57. The van der Waals surface area contributed by atoms with Gasteiger partial charge in [-0.3, -0.25) is 0 Å². The second kappa shape index (κ2) is 3.19. The molecule has 1 heterocycles. The molecule has 1 aliphatic rings. The van der Waals surface area contributed by atoms with Crippen LogP contribution in [0, 0.1) is 0 Å². The lowest BCUT2D eigenvalue weighted by Crippen LogP contribution is -1.96. The van der Waals surface area contributed by atoms with E-state index in [1.807, 2.05) is 6.07 Å². The summed E-state index contributed by atoms with van der Waals surface area (Å²) in [7, 11) is 1.74. The van der Waals surface area contributed by atoms with Gasteiger partial charge in [0.15, 0.2) is 0 Å². The molecule has 2 rings (SSSR count). The average molecular weight is 235 g/mol. The smallest absolute Gasteiger partial charge is 0.207 e. The molecule has 5 heteroatoms. The Morgan fingerprint density at radius 2 is 2.15 bits per heavy atom. The van der Waals surface area contributed by atoms with Gasteiger partial charge >= 0.3 is 0 Å². The van der Waals surface area contributed by atoms with Crippen molar-refractivity contribution in [1.82, 2.24) is 0 Å². The van der Waals surface area contributed by atoms with Crippen LogP contribution in [0.15, 0.2) is 28.0 Å². The summed E-state index contributed by atoms with van der Waals surface area (Å²) in [5.74, 6) is 0.943. The highest BCUT2D eigenvalue weighted by atomic mass is 35.7. The van der Waals surface area contributed by atoms with Crippen molar-refractivity contribution >= 4 is 31.5 Å². The standard InChI is InChI=1S/C8H7ClO2S2/c9-13(10,11)8-3-1-2-7-6(8)4-5-12-7/h1-3H,4-5H2. The summed E-state index contributed by atoms with van der Waals surface area (Å²) < 4.78 is 22.3. The van der Waals surface area contributed by atoms with Gasteiger partial charge in [-0.05, 0) is 24.1 Å². The molecule has 0 fully saturated rings. The van der Waals surface area contributed by atoms with Gasteiger partial charge in [0.25, 0.3) is 9.05 Å². The van der Waals surface area contributed by atoms with E-state index in [4.69, 9.17) is 10.7 Å². The zero-order valence-corrected chi connectivity index (χ0v) is 9.05. The molecule has 0 aromatic heterocycles. The van der Waals surface area contributed by atoms with Crippen molar-refractivity contribution in [1.29, 1.82) is 0 Å². The van der Waals surface area contributed by atoms with E-state index in [-0.39, 0.29) is 4.90 Å². The van der Waals surface area contributed by atoms with Gasteiger partial charge < -0.3 is 0 Å². The Bertz CT molecular complexity index is 439. The lowest BCUT2D eigenvalue weighted by atomic mass is 10.2. The van der Waals surface area contributed by atoms with Gasteiger partial charge in [-0.25, -0.2) is 8.42 Å². The van der Waals surface area contributed by atoms with Gasteiger partial charge in [-0.1, -0.05) is 6.07 Å². The van der Waals surface area contributed by atoms with Crippen LogP contribution in [0.4, 0.5) is 0 Å². The van der Waals surface area contributed by atoms with Crippen LogP contribution in [0.5, 0.6) is 0 Å². The molecule has 0 atom stereocenters. The van der Waals surface area contributed by atoms with Crippen molar-refractivity contribution < 1.29 is 8.42 Å². The maximum atomic E-state index is 11.1. The SMILES string of the molecule is O=S(=O)(Cl)c1cccc2c1CCS2. The molecule has 0 amide bonds. The number of benzene rings is 1. The zero-order valence-electron chi connectivity index (χ0n) is 6.66. The van der Waals surface area contributed by atoms with Crippen LogP contribution >= 0.6 is 22.4 Å². The molecule has 0 aliphatic carbocycles. The van der Waals surface area contributed by atoms with E-state index in [0.717, 1.165) is 22.6 Å². The Morgan fingerprint density at radius 3 is 2.85 bits per heavy atom. The topological polar surface area (TPSA) is 34.1 Å². The molecule has 1 aliphatic heterocycles. The van der Waals surface area contributed by atoms with Crippen LogP contribution in [0.2, 0.25) is 0 Å². The first kappa shape index (κ1) is 9.37. The molecule has 0 radical (unpaired) electrons. The normalized spacial score (nSPS) is 15.8. The highest BCUT2D eigenvalue weighted by Crippen LogP contribution is 2.36. The van der Waals surface area contributed by atoms with Crippen molar-refractivity contribution in [2.75, 3.05) is 5.75 Å². The fourth-order valence-corrected chi connectivity index (χ4v) is 3.75. The summed E-state index contributed by atoms with van der Waals surface area (Å²) in [6, 6.07) is 5.22. The molecule has 0 N–H and O–H groups in total. The number of thioether (sulfide) groups is 1. The summed E-state index contributed by atoms with van der Waals surface area (Å²) >= 11 is 1.68. The van der Waals surface area contributed by atoms with Crippen molar-refractivity contribution in [2.45, 2.75) is 16.2 Å². The average Bonchev–Trinajstić information content (AvgIpc) is 2.48. The van der Waals surface area contributed by atoms with Gasteiger partial charge in [-0.15, -0.1) is 11.8 Å². The first-order valence-electron chi connectivity index (χ1n) is 3.78. The number of rotatable bonds is 1. The summed E-state index contributed by atoms with van der Waals surface area (Å²) in [6.45, 7) is 0. The summed E-state index contributed by atoms with van der Waals surface area (Å²) in [4.78, 5) is 1.32. The van der Waals surface area contributed by atoms with E-state index in [9.17, 15) is 8.42 Å². The molecule has 1 aromatic rings. The first-order valence-corrected chi connectivity index (χ1v) is 7.08. The maximum absolute atomic E-state index is 11.1. The Labute approximate surface area is 85.7 Å². The minimum absolute atomic E-state index is 0.275. The minimum Gasteiger partial charge on any atom is -0.207 e. The Kier molecular flexibility index (Phi) is 2.30. The van der Waals surface area contributed by atoms with Gasteiger partial charge in [-0.2, -0.15) is 0 Å². The molecule has 0 bridgehead atoms. The maximum Gasteiger partial charge on any atom is 0.261 e. The third-order valence-corrected chi connectivity index (χ3v) is 4.47. The number of hydrogen-bond acceptors (Lipinski definition) is 3. The number of hydrogen-bond donors (Lipinski definition) is 0. The predicted octanol–water partition coefficient (Wildman–Crippen LogP) is 2.26. The molecule has 1 aromatic carbocycles. The van der Waals surface area contributed by atoms with E-state index >= 15 is 0 Å². The molecule has 0 saturated carbocycles. The lowest BCUT2D eigenvalue weighted by Gasteiger charge is -2.02. The lowest BCUT2D eigenvalue weighted by molar-refractivity contribution is 0.608. The Hall–Kier alpha value is -0.190. The van der Waals surface area contributed by atoms with E-state index in [1.165, 1.54) is 0 Å². The third kappa shape index (κ3) is 1.71. The van der Waals surface area contributed by atoms with Crippen LogP contribution in [-0.4, -0.2) is 14.2 Å². The zero-order chi connectivity index (χ0) is 9.47. The Balaban J connectivity index is 2.67. The van der Waals surface area contributed by atoms with Crippen LogP contribution < -0.4 is 0 Å². The monoisotopic (exact) mass is 234 g/mol. The van der Waals surface area contributed by atoms with Crippen LogP contribution in [0.25, 0.3) is 0 Å². The van der Waals surface area contributed by atoms with Gasteiger partial charge in [0.2, 0.25) is 0 Å². The quantitative estimate of drug-likeness (QED) is 0.699. The van der Waals surface area contributed by atoms with E-state index < -0.39 is 9.05 Å². The molecular formula is C8H7ClO2S2. The van der Waals surface area contributed by atoms with Crippen molar-refractivity contribution in [3.63, 3.8) is 0 Å². The van der Waals surface area contributed by atoms with Gasteiger partial charge in [0.05, 0.1) is 4.90 Å². The summed E-state index contributed by atoms with van der Waals surface area (Å²) in [5, 5.41) is 0. The molecule has 0 unspecified atom stereocenters. The fraction of sp³-hybridized carbons (Fsp3) is 0.250. The van der Waals surface area contributed by atoms with Crippen LogP contribution in [0.3, 0.4) is 0 Å². The van der Waals surface area contributed by atoms with Crippen molar-refractivity contribution in [3.05, 3.63) is 23.8 Å². The predicted molar refractivity (Wildman–Crippen MR) is 53.9 cm³/mol. The van der Waals surface area contributed by atoms with Crippen LogP contribution in [-0.2, 0) is 15.5 Å². The molecule has 0 saturated heterocycles. The number of fused-ring (bicyclic) bond motifs is 1. The van der Waals surface area contributed by atoms with Crippen molar-refractivity contribution in [3.8, 4) is 0 Å². The summed E-state index contributed by atoms with van der Waals surface area (Å²) in [6.07, 6.45) is 0.794. The molecule has 70 valence electrons. The Morgan fingerprint density at radius 1 is 1.38 bits per heavy atom. The second-order valence-corrected chi connectivity index (χ2v) is 6.44.